The van der Waals surface area contributed by atoms with Crippen LogP contribution in [0, 0.1) is 0 Å². The van der Waals surface area contributed by atoms with Crippen molar-refractivity contribution in [1.82, 2.24) is 39.0 Å². The maximum Gasteiger partial charge on any atom is 0.425 e. The summed E-state index contributed by atoms with van der Waals surface area (Å²) in [4.78, 5) is 47.2. The lowest BCUT2D eigenvalue weighted by Gasteiger charge is -2.38. The van der Waals surface area contributed by atoms with Gasteiger partial charge in [-0.15, -0.1) is 20.6 Å². The zero-order valence-electron chi connectivity index (χ0n) is 33.0. The fourth-order valence-corrected chi connectivity index (χ4v) is 16.2. The Morgan fingerprint density at radius 1 is 0.651 bits per heavy atom. The molecule has 2 unspecified atom stereocenters. The molecule has 352 valence electrons. The molecular weight excluding hydrogens is 929 g/mol. The standard InChI is InChI=1S/C30H46N12O17S4/c1-60(5-3-13(31)29(47)48,7-15-19(43)21(45)27(55-15)41-11-39-17-23(33)35-9-37-25(17)41)57-62(51,52)59-63(53,54)58-61(2,6-4-14(32)30(49)50)8-16-20(44)22(46)28(56-16)42-12-40-18-24(34)36-10-38-26(18)42/h9-16,19-22,27-28,43-46H,3-8,31-32H2,1-2H3,(H,47,48)(H,49,50)(H2,33,35,37)(H2,34,36,38)/t13-,14-,15+,16+,19+,20+,21+,22+,27+,28+/m0/s1. The van der Waals surface area contributed by atoms with Crippen LogP contribution in [0.4, 0.5) is 11.6 Å². The number of hydrogen-bond donors (Lipinski definition) is 10. The highest BCUT2D eigenvalue weighted by molar-refractivity contribution is 8.33. The molecule has 0 bridgehead atoms. The van der Waals surface area contributed by atoms with Gasteiger partial charge in [0.15, 0.2) is 35.4 Å². The first-order chi connectivity index (χ1) is 29.3. The number of nitrogens with two attached hydrogens (primary N) is 4. The number of ether oxygens (including phenoxy) is 2. The largest absolute Gasteiger partial charge is 0.480 e. The van der Waals surface area contributed by atoms with E-state index in [1.807, 2.05) is 0 Å². The number of aromatic nitrogens is 8. The highest BCUT2D eigenvalue weighted by atomic mass is 32.4. The Labute approximate surface area is 360 Å². The van der Waals surface area contributed by atoms with Gasteiger partial charge in [-0.2, -0.15) is 24.1 Å². The number of fused-ring (bicyclic) bond motifs is 2. The molecule has 0 saturated carbocycles. The van der Waals surface area contributed by atoms with Crippen LogP contribution in [-0.2, 0) is 50.7 Å². The van der Waals surface area contributed by atoms with Crippen LogP contribution in [0.15, 0.2) is 25.3 Å². The van der Waals surface area contributed by atoms with Crippen molar-refractivity contribution >= 4 is 87.3 Å². The van der Waals surface area contributed by atoms with Gasteiger partial charge in [0.05, 0.1) is 24.9 Å². The summed E-state index contributed by atoms with van der Waals surface area (Å²) in [6, 6.07) is -3.11. The lowest BCUT2D eigenvalue weighted by molar-refractivity contribution is -0.139. The normalized spacial score (nSPS) is 28.3. The van der Waals surface area contributed by atoms with Crippen molar-refractivity contribution in [2.45, 2.75) is 74.0 Å². The van der Waals surface area contributed by atoms with Gasteiger partial charge in [-0.1, -0.05) is 3.63 Å². The van der Waals surface area contributed by atoms with Gasteiger partial charge in [0.25, 0.3) is 0 Å². The molecule has 2 aliphatic rings. The van der Waals surface area contributed by atoms with Crippen molar-refractivity contribution in [2.75, 3.05) is 47.0 Å². The molecule has 63 heavy (non-hydrogen) atoms. The number of aliphatic hydroxyl groups excluding tert-OH is 4. The smallest absolute Gasteiger partial charge is 0.425 e. The molecule has 0 aromatic carbocycles. The summed E-state index contributed by atoms with van der Waals surface area (Å²) in [6.07, 6.45) is -6.36. The van der Waals surface area contributed by atoms with Crippen LogP contribution in [0.25, 0.3) is 22.3 Å². The van der Waals surface area contributed by atoms with Gasteiger partial charge < -0.3 is 63.0 Å². The fraction of sp³-hybridized carbons (Fsp3) is 0.600. The monoisotopic (exact) mass is 974 g/mol. The van der Waals surface area contributed by atoms with Crippen molar-refractivity contribution in [3.63, 3.8) is 0 Å². The number of imidazole rings is 2. The zero-order valence-corrected chi connectivity index (χ0v) is 36.3. The number of carboxylic acids is 2. The maximum absolute atomic E-state index is 13.5. The number of aliphatic hydroxyl groups is 4. The Hall–Kier alpha value is -4.20. The number of carbonyl (C=O) groups is 2. The maximum atomic E-state index is 13.5. The van der Waals surface area contributed by atoms with Crippen molar-refractivity contribution in [3.8, 4) is 0 Å². The number of rotatable bonds is 20. The van der Waals surface area contributed by atoms with E-state index in [1.165, 1.54) is 34.3 Å². The summed E-state index contributed by atoms with van der Waals surface area (Å²) < 4.78 is 83.7. The highest BCUT2D eigenvalue weighted by Gasteiger charge is 2.50. The van der Waals surface area contributed by atoms with Crippen LogP contribution < -0.4 is 22.9 Å². The molecule has 2 aliphatic heterocycles. The predicted molar refractivity (Wildman–Crippen MR) is 219 cm³/mol. The van der Waals surface area contributed by atoms with E-state index in [4.69, 9.17) is 39.7 Å². The second-order valence-electron chi connectivity index (χ2n) is 14.9. The topological polar surface area (TPSA) is 461 Å². The quantitative estimate of drug-likeness (QED) is 0.0402. The molecule has 0 spiro atoms. The van der Waals surface area contributed by atoms with Gasteiger partial charge in [0, 0.05) is 23.0 Å². The van der Waals surface area contributed by atoms with E-state index in [0.29, 0.717) is 0 Å². The third-order valence-corrected chi connectivity index (χ3v) is 19.6. The van der Waals surface area contributed by atoms with Gasteiger partial charge >= 0.3 is 32.7 Å². The van der Waals surface area contributed by atoms with E-state index in [-0.39, 0.29) is 34.0 Å². The molecule has 4 aromatic rings. The van der Waals surface area contributed by atoms with Gasteiger partial charge in [-0.3, -0.25) is 18.7 Å². The number of anilines is 2. The third-order valence-electron chi connectivity index (χ3n) is 10.0. The first kappa shape index (κ1) is 48.3. The molecule has 0 amide bonds. The second kappa shape index (κ2) is 18.4. The minimum atomic E-state index is -5.72. The first-order valence-electron chi connectivity index (χ1n) is 18.3. The van der Waals surface area contributed by atoms with E-state index in [1.54, 1.807) is 0 Å². The van der Waals surface area contributed by atoms with Gasteiger partial charge in [-0.05, 0) is 25.4 Å². The third kappa shape index (κ3) is 10.7. The summed E-state index contributed by atoms with van der Waals surface area (Å²) in [5.41, 5.74) is 23.6. The van der Waals surface area contributed by atoms with Gasteiger partial charge in [0.1, 0.15) is 60.2 Å². The minimum Gasteiger partial charge on any atom is -0.480 e. The molecule has 0 radical (unpaired) electrons. The number of carboxylic acid groups (broad SMARTS) is 2. The van der Waals surface area contributed by atoms with Crippen molar-refractivity contribution in [2.24, 2.45) is 11.5 Å². The second-order valence-corrected chi connectivity index (χ2v) is 24.3. The number of hydrogen-bond acceptors (Lipinski definition) is 25. The molecule has 0 aliphatic carbocycles. The minimum absolute atomic E-state index is 0.00282. The number of nitrogen functional groups attached to an aromatic ring is 2. The molecule has 14 N–H and O–H groups in total. The molecule has 12 atom stereocenters. The summed E-state index contributed by atoms with van der Waals surface area (Å²) in [6.45, 7) is 0. The van der Waals surface area contributed by atoms with Crippen LogP contribution in [-0.4, -0.2) is 183 Å². The summed E-state index contributed by atoms with van der Waals surface area (Å²) in [5, 5.41) is 63.0. The zero-order chi connectivity index (χ0) is 46.4. The predicted octanol–water partition coefficient (Wildman–Crippen LogP) is -4.09. The molecule has 29 nitrogen and oxygen atoms in total. The van der Waals surface area contributed by atoms with E-state index >= 15 is 0 Å². The fourth-order valence-electron chi connectivity index (χ4n) is 6.82. The van der Waals surface area contributed by atoms with Crippen LogP contribution in [0.5, 0.6) is 0 Å². The van der Waals surface area contributed by atoms with Crippen LogP contribution >= 0.6 is 20.6 Å². The Balaban J connectivity index is 1.22. The summed E-state index contributed by atoms with van der Waals surface area (Å²) in [5.74, 6) is -5.03. The molecule has 33 heteroatoms. The Bertz CT molecular complexity index is 2380. The average molecular weight is 975 g/mol. The van der Waals surface area contributed by atoms with E-state index in [0.717, 1.165) is 12.7 Å². The van der Waals surface area contributed by atoms with Crippen LogP contribution in [0.1, 0.15) is 25.3 Å². The molecule has 6 rings (SSSR count). The summed E-state index contributed by atoms with van der Waals surface area (Å²) >= 11 is 0. The van der Waals surface area contributed by atoms with E-state index < -0.39 is 150 Å². The molecule has 6 heterocycles. The van der Waals surface area contributed by atoms with Crippen LogP contribution in [0.3, 0.4) is 0 Å². The lowest BCUT2D eigenvalue weighted by Crippen LogP contribution is -2.38. The first-order valence-corrected chi connectivity index (χ1v) is 25.6. The summed E-state index contributed by atoms with van der Waals surface area (Å²) in [7, 11) is -18.2. The SMILES string of the molecule is CS(CC[C@H](N)C(=O)O)(C[C@H]1O[C@@H](n2cnc3c(N)ncnc32)[C@H](O)[C@@H]1O)OS(=O)(=O)OS(=O)(=O)OS(C)(CC[C@H](N)C(=O)O)C[C@H]1O[C@@H](n2cnc3c(N)ncnc32)[C@H](O)[C@@H]1O. The Kier molecular flexibility index (Phi) is 14.1. The van der Waals surface area contributed by atoms with Gasteiger partial charge in [-0.25, -0.2) is 29.9 Å². The number of nitrogens with zero attached hydrogens (tertiary/aromatic N) is 8. The molecule has 4 aromatic heterocycles. The van der Waals surface area contributed by atoms with Crippen molar-refractivity contribution in [3.05, 3.63) is 25.3 Å². The molecule has 2 fully saturated rings. The van der Waals surface area contributed by atoms with Crippen molar-refractivity contribution < 1.29 is 77.4 Å². The number of aliphatic carboxylic acids is 2. The highest BCUT2D eigenvalue weighted by Crippen LogP contribution is 2.54. The van der Waals surface area contributed by atoms with E-state index in [9.17, 15) is 57.1 Å². The molecule has 2 saturated heterocycles. The molecular formula is C30H46N12O17S4. The van der Waals surface area contributed by atoms with E-state index in [2.05, 4.69) is 33.5 Å². The van der Waals surface area contributed by atoms with Gasteiger partial charge in [0.2, 0.25) is 0 Å². The average Bonchev–Trinajstić information content (AvgIpc) is 3.95. The Morgan fingerprint density at radius 2 is 1.02 bits per heavy atom. The van der Waals surface area contributed by atoms with Crippen molar-refractivity contribution in [1.29, 1.82) is 0 Å². The Morgan fingerprint density at radius 3 is 1.37 bits per heavy atom. The van der Waals surface area contributed by atoms with Crippen LogP contribution in [0.2, 0.25) is 0 Å². The lowest BCUT2D eigenvalue weighted by atomic mass is 10.1.